The second-order valence-corrected chi connectivity index (χ2v) is 5.82. The highest BCUT2D eigenvalue weighted by Gasteiger charge is 2.18. The van der Waals surface area contributed by atoms with E-state index in [0.29, 0.717) is 35.4 Å². The van der Waals surface area contributed by atoms with Crippen LogP contribution in [0.15, 0.2) is 59.8 Å². The van der Waals surface area contributed by atoms with Crippen molar-refractivity contribution in [3.05, 3.63) is 59.8 Å². The fourth-order valence-electron chi connectivity index (χ4n) is 2.52. The van der Waals surface area contributed by atoms with Gasteiger partial charge < -0.3 is 15.8 Å². The normalized spacial score (nSPS) is 14.4. The van der Waals surface area contributed by atoms with E-state index < -0.39 is 0 Å². The van der Waals surface area contributed by atoms with E-state index >= 15 is 0 Å². The Morgan fingerprint density at radius 2 is 2.24 bits per heavy atom. The molecule has 0 saturated carbocycles. The topological polar surface area (TPSA) is 72.5 Å². The van der Waals surface area contributed by atoms with Gasteiger partial charge in [-0.05, 0) is 43.5 Å². The molecular weight excluding hydrogens is 336 g/mol. The molecule has 0 atom stereocenters. The molecule has 25 heavy (non-hydrogen) atoms. The smallest absolute Gasteiger partial charge is 0.187 e. The van der Waals surface area contributed by atoms with E-state index in [1.165, 1.54) is 6.20 Å². The Kier molecular flexibility index (Phi) is 5.36. The van der Waals surface area contributed by atoms with Gasteiger partial charge >= 0.3 is 0 Å². The van der Waals surface area contributed by atoms with Crippen molar-refractivity contribution >= 4 is 28.8 Å². The molecule has 0 unspecified atom stereocenters. The molecule has 0 amide bonds. The summed E-state index contributed by atoms with van der Waals surface area (Å²) in [4.78, 5) is 9.34. The van der Waals surface area contributed by atoms with E-state index in [9.17, 15) is 0 Å². The van der Waals surface area contributed by atoms with Crippen molar-refractivity contribution in [2.24, 2.45) is 10.7 Å². The molecule has 1 aliphatic heterocycles. The largest absolute Gasteiger partial charge is 0.486 e. The maximum absolute atomic E-state index is 6.12. The second kappa shape index (κ2) is 7.85. The Labute approximate surface area is 151 Å². The molecule has 0 aliphatic carbocycles. The predicted molar refractivity (Wildman–Crippen MR) is 104 cm³/mol. The number of nitrogens with one attached hydrogen (secondary N) is 1. The van der Waals surface area contributed by atoms with Crippen molar-refractivity contribution in [3.8, 4) is 17.0 Å². The average molecular weight is 355 g/mol. The number of anilines is 1. The summed E-state index contributed by atoms with van der Waals surface area (Å²) in [5.41, 5.74) is 8.63. The zero-order chi connectivity index (χ0) is 17.6. The molecule has 1 aromatic carbocycles. The zero-order valence-corrected chi connectivity index (χ0v) is 14.6. The second-order valence-electron chi connectivity index (χ2n) is 5.39. The average Bonchev–Trinajstić information content (AvgIpc) is 2.62. The number of fused-ring (bicyclic) bond motifs is 1. The van der Waals surface area contributed by atoms with Crippen LogP contribution in [0.5, 0.6) is 5.75 Å². The van der Waals surface area contributed by atoms with Crippen LogP contribution in [-0.2, 0) is 0 Å². The number of hydrogen-bond donors (Lipinski definition) is 2. The van der Waals surface area contributed by atoms with Crippen molar-refractivity contribution in [1.82, 2.24) is 4.98 Å². The lowest BCUT2D eigenvalue weighted by Crippen LogP contribution is -2.19. The van der Waals surface area contributed by atoms with E-state index in [2.05, 4.69) is 15.3 Å². The predicted octanol–water partition coefficient (Wildman–Crippen LogP) is 4.33. The third-order valence-corrected chi connectivity index (χ3v) is 3.80. The Morgan fingerprint density at radius 1 is 1.36 bits per heavy atom. The van der Waals surface area contributed by atoms with Crippen molar-refractivity contribution in [3.63, 3.8) is 0 Å². The van der Waals surface area contributed by atoms with Crippen LogP contribution in [0, 0.1) is 0 Å². The number of benzene rings is 1. The Bertz CT molecular complexity index is 844. The Hall–Kier alpha value is -2.79. The van der Waals surface area contributed by atoms with E-state index in [4.69, 9.17) is 22.1 Å². The van der Waals surface area contributed by atoms with E-state index in [1.807, 2.05) is 49.4 Å². The quantitative estimate of drug-likeness (QED) is 0.801. The van der Waals surface area contributed by atoms with Gasteiger partial charge in [0, 0.05) is 10.6 Å². The van der Waals surface area contributed by atoms with Crippen LogP contribution in [0.2, 0.25) is 5.02 Å². The fourth-order valence-corrected chi connectivity index (χ4v) is 2.71. The summed E-state index contributed by atoms with van der Waals surface area (Å²) in [5, 5.41) is 3.93. The van der Waals surface area contributed by atoms with Crippen LogP contribution in [0.4, 0.5) is 11.5 Å². The molecule has 0 saturated heterocycles. The minimum Gasteiger partial charge on any atom is -0.486 e. The van der Waals surface area contributed by atoms with E-state index in [1.54, 1.807) is 6.08 Å². The third kappa shape index (κ3) is 4.00. The van der Waals surface area contributed by atoms with Gasteiger partial charge in [0.25, 0.3) is 0 Å². The highest BCUT2D eigenvalue weighted by molar-refractivity contribution is 6.30. The number of rotatable bonds is 4. The lowest BCUT2D eigenvalue weighted by Gasteiger charge is -2.20. The molecule has 3 N–H and O–H groups in total. The number of halogens is 1. The SMILES string of the molecule is C/C=C\C(/C=C\N)=Nc1cc(-c2cccc(Cl)c2)nc2c1OCCN2. The highest BCUT2D eigenvalue weighted by atomic mass is 35.5. The molecule has 1 aromatic heterocycles. The molecule has 0 spiro atoms. The first-order chi connectivity index (χ1) is 12.2. The Morgan fingerprint density at radius 3 is 3.00 bits per heavy atom. The number of ether oxygens (including phenoxy) is 1. The van der Waals surface area contributed by atoms with Crippen LogP contribution >= 0.6 is 11.6 Å². The summed E-state index contributed by atoms with van der Waals surface area (Å²) in [7, 11) is 0. The number of aliphatic imine (C=N–C) groups is 1. The van der Waals surface area contributed by atoms with E-state index in [0.717, 1.165) is 17.0 Å². The number of allylic oxidation sites excluding steroid dienone is 3. The number of aromatic nitrogens is 1. The summed E-state index contributed by atoms with van der Waals surface area (Å²) in [5.74, 6) is 1.32. The fraction of sp³-hybridized carbons (Fsp3) is 0.158. The summed E-state index contributed by atoms with van der Waals surface area (Å²) < 4.78 is 5.79. The standard InChI is InChI=1S/C19H19ClN4O/c1-2-4-15(7-8-21)23-17-12-16(13-5-3-6-14(20)11-13)24-19-18(17)25-10-9-22-19/h2-8,11-12H,9-10,21H2,1H3,(H,22,24)/b4-2-,8-7-,23-15?. The van der Waals surface area contributed by atoms with Crippen LogP contribution in [-0.4, -0.2) is 23.8 Å². The van der Waals surface area contributed by atoms with Gasteiger partial charge in [0.15, 0.2) is 11.6 Å². The first-order valence-corrected chi connectivity index (χ1v) is 8.36. The molecule has 2 heterocycles. The van der Waals surface area contributed by atoms with E-state index in [-0.39, 0.29) is 0 Å². The molecule has 0 fully saturated rings. The molecule has 6 heteroatoms. The van der Waals surface area contributed by atoms with Crippen molar-refractivity contribution < 1.29 is 4.74 Å². The van der Waals surface area contributed by atoms with Crippen LogP contribution in [0.1, 0.15) is 6.92 Å². The summed E-state index contributed by atoms with van der Waals surface area (Å²) in [6.45, 7) is 3.20. The Balaban J connectivity index is 2.16. The van der Waals surface area contributed by atoms with Gasteiger partial charge in [-0.3, -0.25) is 0 Å². The molecule has 1 aliphatic rings. The highest BCUT2D eigenvalue weighted by Crippen LogP contribution is 2.39. The first-order valence-electron chi connectivity index (χ1n) is 7.98. The monoisotopic (exact) mass is 354 g/mol. The maximum atomic E-state index is 6.12. The molecule has 3 rings (SSSR count). The minimum atomic E-state index is 0.569. The minimum absolute atomic E-state index is 0.569. The lowest BCUT2D eigenvalue weighted by molar-refractivity contribution is 0.323. The van der Waals surface area contributed by atoms with Gasteiger partial charge in [-0.2, -0.15) is 0 Å². The number of pyridine rings is 1. The molecule has 2 aromatic rings. The summed E-state index contributed by atoms with van der Waals surface area (Å²) in [6, 6.07) is 9.46. The van der Waals surface area contributed by atoms with Gasteiger partial charge in [-0.15, -0.1) is 0 Å². The van der Waals surface area contributed by atoms with Crippen LogP contribution in [0.25, 0.3) is 11.3 Å². The zero-order valence-electron chi connectivity index (χ0n) is 13.9. The van der Waals surface area contributed by atoms with Gasteiger partial charge in [0.05, 0.1) is 18.0 Å². The van der Waals surface area contributed by atoms with Crippen molar-refractivity contribution in [1.29, 1.82) is 0 Å². The van der Waals surface area contributed by atoms with Crippen molar-refractivity contribution in [2.45, 2.75) is 6.92 Å². The molecular formula is C19H19ClN4O. The maximum Gasteiger partial charge on any atom is 0.187 e. The van der Waals surface area contributed by atoms with Gasteiger partial charge in [-0.1, -0.05) is 29.8 Å². The van der Waals surface area contributed by atoms with Crippen LogP contribution < -0.4 is 15.8 Å². The molecule has 0 radical (unpaired) electrons. The summed E-state index contributed by atoms with van der Waals surface area (Å²) >= 11 is 6.12. The van der Waals surface area contributed by atoms with Gasteiger partial charge in [0.2, 0.25) is 0 Å². The summed E-state index contributed by atoms with van der Waals surface area (Å²) in [6.07, 6.45) is 6.99. The van der Waals surface area contributed by atoms with Crippen molar-refractivity contribution in [2.75, 3.05) is 18.5 Å². The number of hydrogen-bond acceptors (Lipinski definition) is 5. The number of nitrogens with zero attached hydrogens (tertiary/aromatic N) is 2. The first kappa shape index (κ1) is 17.0. The lowest BCUT2D eigenvalue weighted by atomic mass is 10.1. The third-order valence-electron chi connectivity index (χ3n) is 3.57. The molecule has 128 valence electrons. The van der Waals surface area contributed by atoms with Gasteiger partial charge in [-0.25, -0.2) is 9.98 Å². The van der Waals surface area contributed by atoms with Crippen LogP contribution in [0.3, 0.4) is 0 Å². The molecule has 0 bridgehead atoms. The van der Waals surface area contributed by atoms with Gasteiger partial charge in [0.1, 0.15) is 12.3 Å². The molecule has 5 nitrogen and oxygen atoms in total. The number of nitrogens with two attached hydrogens (primary N) is 1.